The zero-order valence-corrected chi connectivity index (χ0v) is 14.5. The van der Waals surface area contributed by atoms with E-state index in [1.54, 1.807) is 12.1 Å². The van der Waals surface area contributed by atoms with E-state index in [1.807, 2.05) is 13.8 Å². The molecular weight excluding hydrogens is 307 g/mol. The van der Waals surface area contributed by atoms with Gasteiger partial charge < -0.3 is 14.7 Å². The molecule has 0 unspecified atom stereocenters. The first-order valence-electron chi connectivity index (χ1n) is 8.48. The average molecular weight is 334 g/mol. The van der Waals surface area contributed by atoms with Crippen molar-refractivity contribution in [2.24, 2.45) is 0 Å². The van der Waals surface area contributed by atoms with E-state index < -0.39 is 11.7 Å². The first-order chi connectivity index (χ1) is 11.5. The quantitative estimate of drug-likeness (QED) is 0.775. The maximum absolute atomic E-state index is 13.0. The minimum Gasteiger partial charge on any atom is -0.389 e. The number of halogens is 1. The number of terminal acetylenes is 1. The van der Waals surface area contributed by atoms with Gasteiger partial charge in [-0.3, -0.25) is 4.90 Å². The van der Waals surface area contributed by atoms with Crippen molar-refractivity contribution in [2.75, 3.05) is 44.2 Å². The minimum atomic E-state index is -0.609. The summed E-state index contributed by atoms with van der Waals surface area (Å²) in [7, 11) is 0. The van der Waals surface area contributed by atoms with E-state index in [9.17, 15) is 9.50 Å². The van der Waals surface area contributed by atoms with Crippen molar-refractivity contribution >= 4 is 5.69 Å². The summed E-state index contributed by atoms with van der Waals surface area (Å²) in [5.41, 5.74) is 0.426. The number of aliphatic hydroxyl groups is 1. The molecule has 1 aromatic carbocycles. The third-order valence-corrected chi connectivity index (χ3v) is 4.61. The third-order valence-electron chi connectivity index (χ3n) is 4.61. The van der Waals surface area contributed by atoms with E-state index in [0.29, 0.717) is 13.0 Å². The fourth-order valence-corrected chi connectivity index (χ4v) is 2.72. The lowest BCUT2D eigenvalue weighted by Gasteiger charge is -2.37. The Kier molecular flexibility index (Phi) is 6.61. The number of hydrogen-bond acceptors (Lipinski definition) is 4. The van der Waals surface area contributed by atoms with Gasteiger partial charge in [0.1, 0.15) is 11.4 Å². The second-order valence-corrected chi connectivity index (χ2v) is 6.46. The third kappa shape index (κ3) is 5.20. The molecule has 24 heavy (non-hydrogen) atoms. The van der Waals surface area contributed by atoms with Crippen molar-refractivity contribution < 1.29 is 14.2 Å². The molecule has 0 radical (unpaired) electrons. The Balaban J connectivity index is 1.74. The van der Waals surface area contributed by atoms with Crippen molar-refractivity contribution in [2.45, 2.75) is 32.0 Å². The Morgan fingerprint density at radius 3 is 2.46 bits per heavy atom. The minimum absolute atomic E-state index is 0.216. The Bertz CT molecular complexity index is 549. The number of hydrogen-bond donors (Lipinski definition) is 1. The molecule has 0 amide bonds. The Morgan fingerprint density at radius 2 is 1.92 bits per heavy atom. The number of anilines is 1. The molecule has 1 saturated heterocycles. The highest BCUT2D eigenvalue weighted by Crippen LogP contribution is 2.17. The van der Waals surface area contributed by atoms with Gasteiger partial charge in [-0.05, 0) is 37.6 Å². The van der Waals surface area contributed by atoms with E-state index in [2.05, 4.69) is 15.7 Å². The van der Waals surface area contributed by atoms with E-state index in [4.69, 9.17) is 11.2 Å². The zero-order chi connectivity index (χ0) is 17.6. The van der Waals surface area contributed by atoms with E-state index in [-0.39, 0.29) is 12.4 Å². The van der Waals surface area contributed by atoms with Crippen LogP contribution in [0, 0.1) is 18.2 Å². The number of rotatable bonds is 7. The molecule has 132 valence electrons. The molecule has 0 bridgehead atoms. The average Bonchev–Trinajstić information content (AvgIpc) is 2.61. The number of benzene rings is 1. The van der Waals surface area contributed by atoms with Crippen LogP contribution in [0.1, 0.15) is 20.3 Å². The van der Waals surface area contributed by atoms with Gasteiger partial charge in [-0.1, -0.05) is 12.8 Å². The summed E-state index contributed by atoms with van der Waals surface area (Å²) in [6.45, 7) is 8.08. The highest BCUT2D eigenvalue weighted by molar-refractivity contribution is 5.46. The molecule has 1 fully saturated rings. The number of ether oxygens (including phenoxy) is 1. The fraction of sp³-hybridized carbons (Fsp3) is 0.579. The molecule has 4 nitrogen and oxygen atoms in total. The molecule has 1 N–H and O–H groups in total. The van der Waals surface area contributed by atoms with Crippen LogP contribution in [0.5, 0.6) is 0 Å². The van der Waals surface area contributed by atoms with Gasteiger partial charge in [-0.2, -0.15) is 0 Å². The van der Waals surface area contributed by atoms with E-state index in [1.165, 1.54) is 12.1 Å². The molecule has 2 atom stereocenters. The molecule has 5 heteroatoms. The lowest BCUT2D eigenvalue weighted by molar-refractivity contribution is -0.0473. The molecule has 0 saturated carbocycles. The van der Waals surface area contributed by atoms with Gasteiger partial charge in [0.25, 0.3) is 0 Å². The van der Waals surface area contributed by atoms with Crippen LogP contribution in [-0.2, 0) is 4.74 Å². The number of piperazine rings is 1. The van der Waals surface area contributed by atoms with E-state index >= 15 is 0 Å². The fourth-order valence-electron chi connectivity index (χ4n) is 2.72. The van der Waals surface area contributed by atoms with Crippen molar-refractivity contribution in [1.82, 2.24) is 4.90 Å². The topological polar surface area (TPSA) is 35.9 Å². The van der Waals surface area contributed by atoms with Gasteiger partial charge in [0, 0.05) is 38.4 Å². The van der Waals surface area contributed by atoms with Crippen molar-refractivity contribution in [3.63, 3.8) is 0 Å². The maximum Gasteiger partial charge on any atom is 0.125 e. The van der Waals surface area contributed by atoms with Crippen molar-refractivity contribution in [1.29, 1.82) is 0 Å². The highest BCUT2D eigenvalue weighted by Gasteiger charge is 2.23. The SMILES string of the molecule is C#C[C@@](C)(CC)OC[C@H](O)CN1CCN(c2ccc(F)cc2)CC1. The lowest BCUT2D eigenvalue weighted by atomic mass is 10.1. The Labute approximate surface area is 144 Å². The van der Waals surface area contributed by atoms with Gasteiger partial charge in [-0.15, -0.1) is 6.42 Å². The molecule has 1 aromatic rings. The van der Waals surface area contributed by atoms with Gasteiger partial charge in [0.2, 0.25) is 0 Å². The van der Waals surface area contributed by atoms with Crippen molar-refractivity contribution in [3.05, 3.63) is 30.1 Å². The van der Waals surface area contributed by atoms with Crippen LogP contribution in [0.4, 0.5) is 10.1 Å². The summed E-state index contributed by atoms with van der Waals surface area (Å²) in [6.07, 6.45) is 5.63. The Hall–Kier alpha value is -1.61. The van der Waals surface area contributed by atoms with Gasteiger partial charge in [0.05, 0.1) is 12.7 Å². The zero-order valence-electron chi connectivity index (χ0n) is 14.5. The molecule has 1 aliphatic rings. The van der Waals surface area contributed by atoms with Crippen LogP contribution in [0.25, 0.3) is 0 Å². The predicted octanol–water partition coefficient (Wildman–Crippen LogP) is 2.13. The molecule has 0 aliphatic carbocycles. The second-order valence-electron chi connectivity index (χ2n) is 6.46. The summed E-state index contributed by atoms with van der Waals surface area (Å²) >= 11 is 0. The molecule has 1 heterocycles. The Morgan fingerprint density at radius 1 is 1.29 bits per heavy atom. The molecule has 0 aromatic heterocycles. The lowest BCUT2D eigenvalue weighted by Crippen LogP contribution is -2.49. The summed E-state index contributed by atoms with van der Waals surface area (Å²) < 4.78 is 18.7. The van der Waals surface area contributed by atoms with Crippen LogP contribution >= 0.6 is 0 Å². The van der Waals surface area contributed by atoms with Crippen LogP contribution in [0.3, 0.4) is 0 Å². The normalized spacial score (nSPS) is 19.5. The maximum atomic E-state index is 13.0. The molecule has 1 aliphatic heterocycles. The smallest absolute Gasteiger partial charge is 0.125 e. The summed E-state index contributed by atoms with van der Waals surface area (Å²) in [4.78, 5) is 4.44. The van der Waals surface area contributed by atoms with Gasteiger partial charge >= 0.3 is 0 Å². The molecular formula is C19H27FN2O2. The summed E-state index contributed by atoms with van der Waals surface area (Å²) in [5.74, 6) is 2.42. The van der Waals surface area contributed by atoms with Crippen molar-refractivity contribution in [3.8, 4) is 12.3 Å². The predicted molar refractivity (Wildman–Crippen MR) is 94.5 cm³/mol. The number of nitrogens with zero attached hydrogens (tertiary/aromatic N) is 2. The largest absolute Gasteiger partial charge is 0.389 e. The highest BCUT2D eigenvalue weighted by atomic mass is 19.1. The first-order valence-corrected chi connectivity index (χ1v) is 8.48. The number of aliphatic hydroxyl groups excluding tert-OH is 1. The summed E-state index contributed by atoms with van der Waals surface area (Å²) in [5, 5.41) is 10.2. The van der Waals surface area contributed by atoms with E-state index in [0.717, 1.165) is 31.9 Å². The first kappa shape index (κ1) is 18.7. The standard InChI is InChI=1S/C19H27FN2O2/c1-4-19(3,5-2)24-15-18(23)14-21-10-12-22(13-11-21)17-8-6-16(20)7-9-17/h1,6-9,18,23H,5,10-15H2,2-3H3/t18-,19+/m1/s1. The van der Waals surface area contributed by atoms with Crippen LogP contribution in [0.15, 0.2) is 24.3 Å². The van der Waals surface area contributed by atoms with Crippen LogP contribution in [0.2, 0.25) is 0 Å². The van der Waals surface area contributed by atoms with Crippen LogP contribution in [-0.4, -0.2) is 61.0 Å². The molecule has 2 rings (SSSR count). The van der Waals surface area contributed by atoms with Gasteiger partial charge in [0.15, 0.2) is 0 Å². The number of β-amino-alcohol motifs (C(OH)–C–C–N with tert-alkyl or cyclic N) is 1. The molecule has 0 spiro atoms. The van der Waals surface area contributed by atoms with Crippen LogP contribution < -0.4 is 4.90 Å². The van der Waals surface area contributed by atoms with Gasteiger partial charge in [-0.25, -0.2) is 4.39 Å². The second kappa shape index (κ2) is 8.48. The monoisotopic (exact) mass is 334 g/mol. The summed E-state index contributed by atoms with van der Waals surface area (Å²) in [6, 6.07) is 6.58.